The van der Waals surface area contributed by atoms with Crippen LogP contribution in [0.2, 0.25) is 0 Å². The van der Waals surface area contributed by atoms with E-state index in [1.165, 1.54) is 0 Å². The van der Waals surface area contributed by atoms with Crippen molar-refractivity contribution in [3.05, 3.63) is 35.9 Å². The van der Waals surface area contributed by atoms with Crippen molar-refractivity contribution in [1.29, 1.82) is 0 Å². The minimum absolute atomic E-state index is 0.440. The van der Waals surface area contributed by atoms with Crippen LogP contribution in [0.25, 0.3) is 5.57 Å². The lowest BCUT2D eigenvalue weighted by molar-refractivity contribution is -0.135. The van der Waals surface area contributed by atoms with Crippen molar-refractivity contribution in [2.75, 3.05) is 17.1 Å². The second-order valence-corrected chi connectivity index (χ2v) is 7.06. The summed E-state index contributed by atoms with van der Waals surface area (Å²) >= 11 is 0. The van der Waals surface area contributed by atoms with E-state index in [2.05, 4.69) is 6.08 Å². The summed E-state index contributed by atoms with van der Waals surface area (Å²) in [6, 6.07) is 7.08. The number of hydrogen-bond acceptors (Lipinski definition) is 3. The van der Waals surface area contributed by atoms with Gasteiger partial charge in [-0.15, -0.1) is 0 Å². The number of carbonyl (C=O) groups is 1. The molecule has 1 aliphatic carbocycles. The minimum atomic E-state index is -3.65. The molecule has 114 valence electrons. The highest BCUT2D eigenvalue weighted by Gasteiger charge is 2.24. The van der Waals surface area contributed by atoms with Crippen LogP contribution in [0.3, 0.4) is 0 Å². The molecule has 0 saturated carbocycles. The van der Waals surface area contributed by atoms with Crippen molar-refractivity contribution < 1.29 is 18.3 Å². The zero-order valence-corrected chi connectivity index (χ0v) is 12.8. The van der Waals surface area contributed by atoms with Gasteiger partial charge in [0.15, 0.2) is 0 Å². The van der Waals surface area contributed by atoms with Gasteiger partial charge in [-0.3, -0.25) is 9.10 Å². The Morgan fingerprint density at radius 2 is 2.00 bits per heavy atom. The van der Waals surface area contributed by atoms with Gasteiger partial charge in [-0.2, -0.15) is 0 Å². The SMILES string of the molecule is CS(=O)(=O)N(CC(=O)O)c1ccccc1C1=CCCCC1. The Labute approximate surface area is 124 Å². The maximum absolute atomic E-state index is 11.9. The molecule has 0 aromatic heterocycles. The lowest BCUT2D eigenvalue weighted by Crippen LogP contribution is -2.35. The predicted molar refractivity (Wildman–Crippen MR) is 82.7 cm³/mol. The second kappa shape index (κ2) is 6.30. The van der Waals surface area contributed by atoms with Gasteiger partial charge in [-0.05, 0) is 37.3 Å². The van der Waals surface area contributed by atoms with Crippen LogP contribution in [0.5, 0.6) is 0 Å². The van der Waals surface area contributed by atoms with Crippen LogP contribution < -0.4 is 4.31 Å². The minimum Gasteiger partial charge on any atom is -0.480 e. The van der Waals surface area contributed by atoms with Crippen molar-refractivity contribution in [2.24, 2.45) is 0 Å². The van der Waals surface area contributed by atoms with Crippen molar-refractivity contribution in [3.63, 3.8) is 0 Å². The molecule has 1 aromatic carbocycles. The molecule has 0 radical (unpaired) electrons. The van der Waals surface area contributed by atoms with E-state index in [4.69, 9.17) is 5.11 Å². The molecule has 6 heteroatoms. The van der Waals surface area contributed by atoms with Gasteiger partial charge in [0.25, 0.3) is 0 Å². The maximum atomic E-state index is 11.9. The molecule has 1 N–H and O–H groups in total. The first-order valence-electron chi connectivity index (χ1n) is 6.87. The lowest BCUT2D eigenvalue weighted by atomic mass is 9.92. The molecule has 0 amide bonds. The molecule has 1 aliphatic rings. The number of aliphatic carboxylic acids is 1. The molecule has 1 aromatic rings. The molecular weight excluding hydrogens is 290 g/mol. The van der Waals surface area contributed by atoms with Crippen molar-refractivity contribution >= 4 is 27.3 Å². The molecule has 2 rings (SSSR count). The Kier molecular flexibility index (Phi) is 4.67. The number of anilines is 1. The van der Waals surface area contributed by atoms with E-state index in [-0.39, 0.29) is 0 Å². The number of hydrogen-bond donors (Lipinski definition) is 1. The largest absolute Gasteiger partial charge is 0.480 e. The maximum Gasteiger partial charge on any atom is 0.324 e. The molecular formula is C15H19NO4S. The summed E-state index contributed by atoms with van der Waals surface area (Å²) < 4.78 is 24.8. The number of carboxylic acids is 1. The normalized spacial score (nSPS) is 15.4. The number of carboxylic acid groups (broad SMARTS) is 1. The van der Waals surface area contributed by atoms with Gasteiger partial charge in [-0.25, -0.2) is 8.42 Å². The van der Waals surface area contributed by atoms with Gasteiger partial charge < -0.3 is 5.11 Å². The third kappa shape index (κ3) is 3.85. The standard InChI is InChI=1S/C15H19NO4S/c1-21(19,20)16(11-15(17)18)14-10-6-5-9-13(14)12-7-3-2-4-8-12/h5-7,9-10H,2-4,8,11H2,1H3,(H,17,18). The summed E-state index contributed by atoms with van der Waals surface area (Å²) in [5.74, 6) is -1.17. The molecule has 5 nitrogen and oxygen atoms in total. The molecule has 0 fully saturated rings. The molecule has 0 spiro atoms. The fourth-order valence-electron chi connectivity index (χ4n) is 2.55. The average Bonchev–Trinajstić information content (AvgIpc) is 2.44. The highest BCUT2D eigenvalue weighted by atomic mass is 32.2. The van der Waals surface area contributed by atoms with Gasteiger partial charge in [0.05, 0.1) is 11.9 Å². The smallest absolute Gasteiger partial charge is 0.324 e. The van der Waals surface area contributed by atoms with E-state index in [0.29, 0.717) is 5.69 Å². The average molecular weight is 309 g/mol. The number of allylic oxidation sites excluding steroid dienone is 2. The zero-order valence-electron chi connectivity index (χ0n) is 11.9. The zero-order chi connectivity index (χ0) is 15.5. The van der Waals surface area contributed by atoms with Crippen molar-refractivity contribution in [3.8, 4) is 0 Å². The van der Waals surface area contributed by atoms with Crippen LogP contribution in [-0.4, -0.2) is 32.3 Å². The van der Waals surface area contributed by atoms with E-state index >= 15 is 0 Å². The number of benzene rings is 1. The van der Waals surface area contributed by atoms with Crippen LogP contribution in [0.1, 0.15) is 31.2 Å². The second-order valence-electron chi connectivity index (χ2n) is 5.16. The molecule has 0 bridgehead atoms. The Morgan fingerprint density at radius 3 is 2.57 bits per heavy atom. The van der Waals surface area contributed by atoms with Gasteiger partial charge in [0.2, 0.25) is 10.0 Å². The molecule has 0 heterocycles. The fraction of sp³-hybridized carbons (Fsp3) is 0.400. The summed E-state index contributed by atoms with van der Waals surface area (Å²) in [6.07, 6.45) is 7.21. The quantitative estimate of drug-likeness (QED) is 0.907. The van der Waals surface area contributed by atoms with Crippen LogP contribution in [0, 0.1) is 0 Å². The highest BCUT2D eigenvalue weighted by Crippen LogP contribution is 2.34. The topological polar surface area (TPSA) is 74.7 Å². The summed E-state index contributed by atoms with van der Waals surface area (Å²) in [6.45, 7) is -0.566. The third-order valence-electron chi connectivity index (χ3n) is 3.49. The number of sulfonamides is 1. The summed E-state index contributed by atoms with van der Waals surface area (Å²) in [4.78, 5) is 11.0. The summed E-state index contributed by atoms with van der Waals surface area (Å²) in [7, 11) is -3.65. The summed E-state index contributed by atoms with van der Waals surface area (Å²) in [5, 5.41) is 8.99. The first kappa shape index (κ1) is 15.6. The Morgan fingerprint density at radius 1 is 1.29 bits per heavy atom. The molecule has 0 unspecified atom stereocenters. The van der Waals surface area contributed by atoms with Gasteiger partial charge in [0, 0.05) is 5.56 Å². The van der Waals surface area contributed by atoms with Gasteiger partial charge in [-0.1, -0.05) is 24.3 Å². The van der Waals surface area contributed by atoms with E-state index in [1.807, 2.05) is 12.1 Å². The van der Waals surface area contributed by atoms with Gasteiger partial charge >= 0.3 is 5.97 Å². The van der Waals surface area contributed by atoms with E-state index in [0.717, 1.165) is 47.4 Å². The van der Waals surface area contributed by atoms with E-state index in [9.17, 15) is 13.2 Å². The van der Waals surface area contributed by atoms with E-state index in [1.54, 1.807) is 12.1 Å². The first-order valence-corrected chi connectivity index (χ1v) is 8.72. The van der Waals surface area contributed by atoms with Crippen LogP contribution in [0.15, 0.2) is 30.3 Å². The Bertz CT molecular complexity index is 664. The lowest BCUT2D eigenvalue weighted by Gasteiger charge is -2.25. The number of nitrogens with zero attached hydrogens (tertiary/aromatic N) is 1. The molecule has 21 heavy (non-hydrogen) atoms. The van der Waals surface area contributed by atoms with Gasteiger partial charge in [0.1, 0.15) is 6.54 Å². The third-order valence-corrected chi connectivity index (χ3v) is 4.62. The molecule has 0 atom stereocenters. The van der Waals surface area contributed by atoms with Crippen LogP contribution in [-0.2, 0) is 14.8 Å². The van der Waals surface area contributed by atoms with E-state index < -0.39 is 22.5 Å². The van der Waals surface area contributed by atoms with Crippen molar-refractivity contribution in [1.82, 2.24) is 0 Å². The molecule has 0 aliphatic heterocycles. The van der Waals surface area contributed by atoms with Crippen molar-refractivity contribution in [2.45, 2.75) is 25.7 Å². The van der Waals surface area contributed by atoms with Crippen LogP contribution >= 0.6 is 0 Å². The fourth-order valence-corrected chi connectivity index (χ4v) is 3.41. The van der Waals surface area contributed by atoms with Crippen LogP contribution in [0.4, 0.5) is 5.69 Å². The monoisotopic (exact) mass is 309 g/mol. The Balaban J connectivity index is 2.50. The summed E-state index contributed by atoms with van der Waals surface area (Å²) in [5.41, 5.74) is 2.34. The molecule has 0 saturated heterocycles. The highest BCUT2D eigenvalue weighted by molar-refractivity contribution is 7.92. The Hall–Kier alpha value is -1.82. The first-order chi connectivity index (χ1) is 9.89. The number of rotatable bonds is 5. The number of para-hydroxylation sites is 1. The predicted octanol–water partition coefficient (Wildman–Crippen LogP) is 2.49.